The molecule has 0 amide bonds. The fourth-order valence-electron chi connectivity index (χ4n) is 0.340. The Kier molecular flexibility index (Phi) is 21.6. The van der Waals surface area contributed by atoms with Crippen LogP contribution in [0.1, 0.15) is 6.42 Å². The Balaban J connectivity index is -0.0000000833. The molecule has 0 saturated heterocycles. The predicted octanol–water partition coefficient (Wildman–Crippen LogP) is -4.69. The Morgan fingerprint density at radius 2 is 1.88 bits per heavy atom. The molecule has 0 nitrogen and oxygen atoms in total. The van der Waals surface area contributed by atoms with Crippen molar-refractivity contribution >= 4 is 0 Å². The molecular formula is C5H5Cl2Hf+. The van der Waals surface area contributed by atoms with Gasteiger partial charge in [0.15, 0.2) is 0 Å². The van der Waals surface area contributed by atoms with Gasteiger partial charge in [-0.15, -0.1) is 6.42 Å². The van der Waals surface area contributed by atoms with E-state index in [1.165, 1.54) is 0 Å². The van der Waals surface area contributed by atoms with E-state index in [2.05, 4.69) is 12.2 Å². The molecule has 0 aromatic rings. The van der Waals surface area contributed by atoms with Crippen LogP contribution in [0.3, 0.4) is 0 Å². The summed E-state index contributed by atoms with van der Waals surface area (Å²) in [5.41, 5.74) is 0. The molecule has 0 unspecified atom stereocenters. The van der Waals surface area contributed by atoms with Gasteiger partial charge in [-0.05, 0) is 0 Å². The summed E-state index contributed by atoms with van der Waals surface area (Å²) in [6.07, 6.45) is 10.0. The van der Waals surface area contributed by atoms with Gasteiger partial charge in [0.05, 0.1) is 0 Å². The van der Waals surface area contributed by atoms with E-state index >= 15 is 0 Å². The van der Waals surface area contributed by atoms with E-state index in [9.17, 15) is 0 Å². The molecule has 8 heavy (non-hydrogen) atoms. The maximum Gasteiger partial charge on any atom is 4.00 e. The Labute approximate surface area is 81.0 Å². The number of rotatable bonds is 0. The van der Waals surface area contributed by atoms with Crippen molar-refractivity contribution < 1.29 is 50.7 Å². The first-order valence-corrected chi connectivity index (χ1v) is 1.72. The molecule has 0 N–H and O–H groups in total. The molecule has 3 heteroatoms. The maximum absolute atomic E-state index is 2.99. The van der Waals surface area contributed by atoms with E-state index in [4.69, 9.17) is 0 Å². The molecule has 0 spiro atoms. The molecule has 0 bridgehead atoms. The third-order valence-electron chi connectivity index (χ3n) is 0.586. The van der Waals surface area contributed by atoms with Crippen molar-refractivity contribution in [1.82, 2.24) is 0 Å². The van der Waals surface area contributed by atoms with Gasteiger partial charge in [0.2, 0.25) is 0 Å². The first-order valence-electron chi connectivity index (χ1n) is 1.72. The Bertz CT molecular complexity index is 68.5. The van der Waals surface area contributed by atoms with Gasteiger partial charge >= 0.3 is 25.8 Å². The zero-order valence-corrected chi connectivity index (χ0v) is 9.30. The second kappa shape index (κ2) is 10.8. The van der Waals surface area contributed by atoms with Crippen LogP contribution in [0, 0.1) is 6.08 Å². The quantitative estimate of drug-likeness (QED) is 0.311. The van der Waals surface area contributed by atoms with Crippen LogP contribution in [0.4, 0.5) is 0 Å². The minimum Gasteiger partial charge on any atom is -1.00 e. The first-order chi connectivity index (χ1) is 2.50. The third-order valence-corrected chi connectivity index (χ3v) is 0.586. The number of hydrogen-bond donors (Lipinski definition) is 0. The molecule has 0 fully saturated rings. The zero-order chi connectivity index (χ0) is 3.54. The van der Waals surface area contributed by atoms with Crippen molar-refractivity contribution in [3.05, 3.63) is 24.3 Å². The van der Waals surface area contributed by atoms with E-state index in [-0.39, 0.29) is 50.7 Å². The summed E-state index contributed by atoms with van der Waals surface area (Å²) in [6.45, 7) is 0. The SMILES string of the molecule is [C-]1=CC=CC1.[Cl-].[Cl-].[Hf+4]. The summed E-state index contributed by atoms with van der Waals surface area (Å²) in [6, 6.07) is 0. The molecule has 0 atom stereocenters. The Morgan fingerprint density at radius 1 is 1.25 bits per heavy atom. The van der Waals surface area contributed by atoms with Gasteiger partial charge in [0.1, 0.15) is 0 Å². The normalized spacial score (nSPS) is 11.0. The molecule has 1 aliphatic rings. The molecule has 0 heterocycles. The molecule has 1 rings (SSSR count). The van der Waals surface area contributed by atoms with E-state index in [0.29, 0.717) is 0 Å². The van der Waals surface area contributed by atoms with Gasteiger partial charge in [-0.3, -0.25) is 6.08 Å². The van der Waals surface area contributed by atoms with E-state index in [1.807, 2.05) is 12.2 Å². The standard InChI is InChI=1S/C5H5.2ClH.Hf/c1-2-4-5-3-1;;;/h1-3H,4H2;2*1H;/q-1;;;+4/p-2. The van der Waals surface area contributed by atoms with Crippen molar-refractivity contribution in [2.75, 3.05) is 0 Å². The minimum absolute atomic E-state index is 0. The average Bonchev–Trinajstić information content (AvgIpc) is 1.76. The predicted molar refractivity (Wildman–Crippen MR) is 21.6 cm³/mol. The maximum atomic E-state index is 2.99. The van der Waals surface area contributed by atoms with Crippen LogP contribution in [-0.2, 0) is 25.8 Å². The van der Waals surface area contributed by atoms with Crippen molar-refractivity contribution in [2.45, 2.75) is 6.42 Å². The van der Waals surface area contributed by atoms with Crippen LogP contribution in [0.15, 0.2) is 18.2 Å². The Hall–Kier alpha value is 0.930. The van der Waals surface area contributed by atoms with Crippen LogP contribution >= 0.6 is 0 Å². The second-order valence-electron chi connectivity index (χ2n) is 1.00. The van der Waals surface area contributed by atoms with Crippen LogP contribution < -0.4 is 24.8 Å². The van der Waals surface area contributed by atoms with Crippen LogP contribution in [0.2, 0.25) is 0 Å². The van der Waals surface area contributed by atoms with Crippen molar-refractivity contribution in [1.29, 1.82) is 0 Å². The van der Waals surface area contributed by atoms with Gasteiger partial charge in [-0.2, -0.15) is 6.08 Å². The summed E-state index contributed by atoms with van der Waals surface area (Å²) in [4.78, 5) is 0. The summed E-state index contributed by atoms with van der Waals surface area (Å²) >= 11 is 0. The number of hydrogen-bond acceptors (Lipinski definition) is 0. The molecule has 42 valence electrons. The van der Waals surface area contributed by atoms with Gasteiger partial charge in [0, 0.05) is 0 Å². The molecule has 0 saturated carbocycles. The van der Waals surface area contributed by atoms with E-state index in [1.54, 1.807) is 0 Å². The van der Waals surface area contributed by atoms with Crippen molar-refractivity contribution in [3.8, 4) is 0 Å². The van der Waals surface area contributed by atoms with Gasteiger partial charge in [-0.1, -0.05) is 0 Å². The summed E-state index contributed by atoms with van der Waals surface area (Å²) in [5, 5.41) is 0. The van der Waals surface area contributed by atoms with Crippen LogP contribution in [-0.4, -0.2) is 0 Å². The van der Waals surface area contributed by atoms with Crippen molar-refractivity contribution in [3.63, 3.8) is 0 Å². The topological polar surface area (TPSA) is 0 Å². The summed E-state index contributed by atoms with van der Waals surface area (Å²) in [5.74, 6) is 0. The van der Waals surface area contributed by atoms with E-state index in [0.717, 1.165) is 6.42 Å². The zero-order valence-electron chi connectivity index (χ0n) is 4.20. The fraction of sp³-hybridized carbons (Fsp3) is 0.200. The fourth-order valence-corrected chi connectivity index (χ4v) is 0.340. The van der Waals surface area contributed by atoms with Crippen LogP contribution in [0.5, 0.6) is 0 Å². The van der Waals surface area contributed by atoms with Crippen LogP contribution in [0.25, 0.3) is 0 Å². The largest absolute Gasteiger partial charge is 4.00 e. The Morgan fingerprint density at radius 3 is 2.00 bits per heavy atom. The first kappa shape index (κ1) is 16.0. The summed E-state index contributed by atoms with van der Waals surface area (Å²) in [7, 11) is 0. The van der Waals surface area contributed by atoms with Gasteiger partial charge < -0.3 is 24.8 Å². The molecule has 0 aromatic heterocycles. The van der Waals surface area contributed by atoms with Crippen molar-refractivity contribution in [2.24, 2.45) is 0 Å². The molecule has 0 radical (unpaired) electrons. The molecule has 0 aromatic carbocycles. The smallest absolute Gasteiger partial charge is 1.00 e. The molecular weight excluding hydrogens is 309 g/mol. The second-order valence-corrected chi connectivity index (χ2v) is 1.00. The third kappa shape index (κ3) is 6.93. The van der Waals surface area contributed by atoms with Gasteiger partial charge in [0.25, 0.3) is 0 Å². The number of halogens is 2. The average molecular weight is 314 g/mol. The monoisotopic (exact) mass is 315 g/mol. The number of allylic oxidation sites excluding steroid dienone is 4. The van der Waals surface area contributed by atoms with Gasteiger partial charge in [-0.25, -0.2) is 12.2 Å². The molecule has 1 aliphatic carbocycles. The van der Waals surface area contributed by atoms with E-state index < -0.39 is 0 Å². The molecule has 0 aliphatic heterocycles. The summed E-state index contributed by atoms with van der Waals surface area (Å²) < 4.78 is 0. The minimum atomic E-state index is 0.